The minimum absolute atomic E-state index is 0.0769. The summed E-state index contributed by atoms with van der Waals surface area (Å²) in [6.07, 6.45) is -4.59. The molecule has 1 aromatic carbocycles. The fourth-order valence-corrected chi connectivity index (χ4v) is 3.76. The van der Waals surface area contributed by atoms with E-state index < -0.39 is 21.8 Å². The number of sulfonamides is 1. The van der Waals surface area contributed by atoms with Gasteiger partial charge in [-0.1, -0.05) is 29.8 Å². The van der Waals surface area contributed by atoms with Crippen LogP contribution in [0.15, 0.2) is 27.6 Å². The predicted octanol–water partition coefficient (Wildman–Crippen LogP) is 3.50. The highest BCUT2D eigenvalue weighted by molar-refractivity contribution is 9.10. The van der Waals surface area contributed by atoms with Gasteiger partial charge in [0, 0.05) is 17.6 Å². The van der Waals surface area contributed by atoms with Gasteiger partial charge in [0.25, 0.3) is 0 Å². The molecule has 0 radical (unpaired) electrons. The molecule has 1 aromatic rings. The summed E-state index contributed by atoms with van der Waals surface area (Å²) in [5.41, 5.74) is -0.993. The third kappa shape index (κ3) is 3.70. The van der Waals surface area contributed by atoms with Crippen LogP contribution >= 0.6 is 15.9 Å². The van der Waals surface area contributed by atoms with Crippen LogP contribution < -0.4 is 0 Å². The molecule has 0 fully saturated rings. The van der Waals surface area contributed by atoms with E-state index in [9.17, 15) is 21.6 Å². The van der Waals surface area contributed by atoms with Gasteiger partial charge in [-0.15, -0.1) is 0 Å². The third-order valence-corrected chi connectivity index (χ3v) is 5.03. The fourth-order valence-electron chi connectivity index (χ4n) is 1.59. The third-order valence-electron chi connectivity index (χ3n) is 2.54. The lowest BCUT2D eigenvalue weighted by Crippen LogP contribution is -2.30. The Morgan fingerprint density at radius 1 is 1.16 bits per heavy atom. The molecule has 108 valence electrons. The SMILES string of the molecule is CCN(CC)S(=O)(=O)c1cc(Br)cc(C(F)(F)F)c1. The van der Waals surface area contributed by atoms with E-state index in [2.05, 4.69) is 15.9 Å². The van der Waals surface area contributed by atoms with E-state index in [1.807, 2.05) is 0 Å². The van der Waals surface area contributed by atoms with Crippen molar-refractivity contribution in [2.24, 2.45) is 0 Å². The number of hydrogen-bond donors (Lipinski definition) is 0. The Labute approximate surface area is 118 Å². The number of hydrogen-bond acceptors (Lipinski definition) is 2. The van der Waals surface area contributed by atoms with Gasteiger partial charge >= 0.3 is 6.18 Å². The van der Waals surface area contributed by atoms with Gasteiger partial charge < -0.3 is 0 Å². The molecule has 0 heterocycles. The van der Waals surface area contributed by atoms with Crippen molar-refractivity contribution >= 4 is 26.0 Å². The van der Waals surface area contributed by atoms with Gasteiger partial charge in [0.15, 0.2) is 0 Å². The number of benzene rings is 1. The second-order valence-corrected chi connectivity index (χ2v) is 6.62. The molecule has 0 unspecified atom stereocenters. The Bertz CT molecular complexity index is 554. The normalized spacial score (nSPS) is 13.0. The van der Waals surface area contributed by atoms with Gasteiger partial charge in [-0.25, -0.2) is 8.42 Å². The average molecular weight is 360 g/mol. The summed E-state index contributed by atoms with van der Waals surface area (Å²) >= 11 is 2.91. The zero-order valence-electron chi connectivity index (χ0n) is 10.3. The van der Waals surface area contributed by atoms with Crippen LogP contribution in [-0.2, 0) is 16.2 Å². The Balaban J connectivity index is 3.40. The first kappa shape index (κ1) is 16.5. The molecule has 0 N–H and O–H groups in total. The van der Waals surface area contributed by atoms with Gasteiger partial charge in [-0.05, 0) is 18.2 Å². The second-order valence-electron chi connectivity index (χ2n) is 3.76. The minimum Gasteiger partial charge on any atom is -0.207 e. The van der Waals surface area contributed by atoms with E-state index in [1.54, 1.807) is 13.8 Å². The predicted molar refractivity (Wildman–Crippen MR) is 69.3 cm³/mol. The molecule has 0 amide bonds. The Morgan fingerprint density at radius 2 is 1.68 bits per heavy atom. The molecule has 0 aromatic heterocycles. The summed E-state index contributed by atoms with van der Waals surface area (Å²) < 4.78 is 63.5. The zero-order chi connectivity index (χ0) is 14.8. The molecular weight excluding hydrogens is 347 g/mol. The summed E-state index contributed by atoms with van der Waals surface area (Å²) in [6, 6.07) is 2.67. The maximum absolute atomic E-state index is 12.7. The maximum Gasteiger partial charge on any atom is 0.416 e. The molecule has 0 aliphatic heterocycles. The molecule has 0 bridgehead atoms. The highest BCUT2D eigenvalue weighted by atomic mass is 79.9. The van der Waals surface area contributed by atoms with Crippen molar-refractivity contribution in [3.63, 3.8) is 0 Å². The van der Waals surface area contributed by atoms with Crippen LogP contribution in [0.2, 0.25) is 0 Å². The fraction of sp³-hybridized carbons (Fsp3) is 0.455. The summed E-state index contributed by atoms with van der Waals surface area (Å²) in [5.74, 6) is 0. The molecule has 0 aliphatic rings. The van der Waals surface area contributed by atoms with Crippen molar-refractivity contribution in [3.05, 3.63) is 28.2 Å². The molecule has 0 saturated carbocycles. The van der Waals surface area contributed by atoms with Crippen molar-refractivity contribution < 1.29 is 21.6 Å². The maximum atomic E-state index is 12.7. The molecule has 0 spiro atoms. The quantitative estimate of drug-likeness (QED) is 0.824. The lowest BCUT2D eigenvalue weighted by Gasteiger charge is -2.19. The Kier molecular flexibility index (Phi) is 5.02. The molecule has 0 atom stereocenters. The number of nitrogens with zero attached hydrogens (tertiary/aromatic N) is 1. The molecule has 19 heavy (non-hydrogen) atoms. The molecule has 0 aliphatic carbocycles. The molecule has 0 saturated heterocycles. The van der Waals surface area contributed by atoms with Crippen LogP contribution in [0.3, 0.4) is 0 Å². The second kappa shape index (κ2) is 5.80. The van der Waals surface area contributed by atoms with E-state index in [-0.39, 0.29) is 22.5 Å². The van der Waals surface area contributed by atoms with Crippen LogP contribution in [-0.4, -0.2) is 25.8 Å². The van der Waals surface area contributed by atoms with E-state index in [1.165, 1.54) is 6.07 Å². The van der Waals surface area contributed by atoms with Crippen LogP contribution in [0.25, 0.3) is 0 Å². The first-order valence-electron chi connectivity index (χ1n) is 5.50. The van der Waals surface area contributed by atoms with Gasteiger partial charge in [0.1, 0.15) is 0 Å². The Morgan fingerprint density at radius 3 is 2.11 bits per heavy atom. The van der Waals surface area contributed by atoms with Crippen LogP contribution in [0.5, 0.6) is 0 Å². The summed E-state index contributed by atoms with van der Waals surface area (Å²) in [5, 5.41) is 0. The summed E-state index contributed by atoms with van der Waals surface area (Å²) in [4.78, 5) is -0.363. The standard InChI is InChI=1S/C11H13BrF3NO2S/c1-3-16(4-2)19(17,18)10-6-8(11(13,14)15)5-9(12)7-10/h5-7H,3-4H2,1-2H3. The topological polar surface area (TPSA) is 37.4 Å². The zero-order valence-corrected chi connectivity index (χ0v) is 12.7. The molecular formula is C11H13BrF3NO2S. The van der Waals surface area contributed by atoms with Gasteiger partial charge in [0.05, 0.1) is 10.5 Å². The smallest absolute Gasteiger partial charge is 0.207 e. The van der Waals surface area contributed by atoms with Crippen molar-refractivity contribution in [2.75, 3.05) is 13.1 Å². The van der Waals surface area contributed by atoms with E-state index in [0.29, 0.717) is 6.07 Å². The first-order valence-corrected chi connectivity index (χ1v) is 7.74. The Hall–Kier alpha value is -0.600. The highest BCUT2D eigenvalue weighted by Crippen LogP contribution is 2.33. The molecule has 1 rings (SSSR count). The molecule has 3 nitrogen and oxygen atoms in total. The lowest BCUT2D eigenvalue weighted by atomic mass is 10.2. The minimum atomic E-state index is -4.59. The summed E-state index contributed by atoms with van der Waals surface area (Å²) in [6.45, 7) is 3.66. The highest BCUT2D eigenvalue weighted by Gasteiger charge is 2.33. The lowest BCUT2D eigenvalue weighted by molar-refractivity contribution is -0.137. The van der Waals surface area contributed by atoms with E-state index in [0.717, 1.165) is 10.4 Å². The average Bonchev–Trinajstić information content (AvgIpc) is 2.28. The first-order chi connectivity index (χ1) is 8.62. The van der Waals surface area contributed by atoms with Crippen molar-refractivity contribution in [2.45, 2.75) is 24.9 Å². The van der Waals surface area contributed by atoms with Gasteiger partial charge in [0.2, 0.25) is 10.0 Å². The van der Waals surface area contributed by atoms with E-state index >= 15 is 0 Å². The van der Waals surface area contributed by atoms with Gasteiger partial charge in [-0.3, -0.25) is 0 Å². The number of alkyl halides is 3. The van der Waals surface area contributed by atoms with E-state index in [4.69, 9.17) is 0 Å². The largest absolute Gasteiger partial charge is 0.416 e. The van der Waals surface area contributed by atoms with Crippen LogP contribution in [0.1, 0.15) is 19.4 Å². The molecule has 8 heteroatoms. The van der Waals surface area contributed by atoms with Crippen molar-refractivity contribution in [1.29, 1.82) is 0 Å². The van der Waals surface area contributed by atoms with Crippen LogP contribution in [0, 0.1) is 0 Å². The number of halogens is 4. The van der Waals surface area contributed by atoms with Crippen LogP contribution in [0.4, 0.5) is 13.2 Å². The monoisotopic (exact) mass is 359 g/mol. The van der Waals surface area contributed by atoms with Crippen molar-refractivity contribution in [3.8, 4) is 0 Å². The number of rotatable bonds is 4. The summed E-state index contributed by atoms with van der Waals surface area (Å²) in [7, 11) is -3.90. The van der Waals surface area contributed by atoms with Crippen molar-refractivity contribution in [1.82, 2.24) is 4.31 Å². The van der Waals surface area contributed by atoms with Gasteiger partial charge in [-0.2, -0.15) is 17.5 Å².